The third-order valence-electron chi connectivity index (χ3n) is 2.83. The lowest BCUT2D eigenvalue weighted by Gasteiger charge is -1.97. The summed E-state index contributed by atoms with van der Waals surface area (Å²) >= 11 is 0. The highest BCUT2D eigenvalue weighted by Crippen LogP contribution is 2.08. The maximum Gasteiger partial charge on any atom is 0.294 e. The summed E-state index contributed by atoms with van der Waals surface area (Å²) in [5.41, 5.74) is 0.956. The van der Waals surface area contributed by atoms with Gasteiger partial charge in [0.2, 0.25) is 0 Å². The Morgan fingerprint density at radius 1 is 1.04 bits per heavy atom. The van der Waals surface area contributed by atoms with Crippen molar-refractivity contribution in [1.29, 1.82) is 0 Å². The van der Waals surface area contributed by atoms with E-state index < -0.39 is 10.1 Å². The lowest BCUT2D eigenvalue weighted by Crippen LogP contribution is -2.34. The minimum Gasteiger partial charge on any atom is -0.394 e. The number of nitrogens with zero attached hydrogens (tertiary/aromatic N) is 1. The van der Waals surface area contributed by atoms with E-state index in [1.54, 1.807) is 12.1 Å². The maximum absolute atomic E-state index is 10.5. The Kier molecular flexibility index (Phi) is 8.42. The number of aromatic nitrogens is 1. The lowest BCUT2D eigenvalue weighted by molar-refractivity contribution is -0.698. The van der Waals surface area contributed by atoms with E-state index in [-0.39, 0.29) is 11.5 Å². The molecule has 6 nitrogen and oxygen atoms in total. The van der Waals surface area contributed by atoms with Gasteiger partial charge in [-0.25, -0.2) is 4.57 Å². The molecule has 0 radical (unpaired) electrons. The van der Waals surface area contributed by atoms with Crippen LogP contribution in [0.1, 0.15) is 5.56 Å². The molecule has 1 aromatic heterocycles. The van der Waals surface area contributed by atoms with Gasteiger partial charge in [-0.2, -0.15) is 8.42 Å². The van der Waals surface area contributed by atoms with E-state index in [1.807, 2.05) is 42.1 Å². The van der Waals surface area contributed by atoms with Gasteiger partial charge >= 0.3 is 0 Å². The smallest absolute Gasteiger partial charge is 0.294 e. The first-order valence-corrected chi connectivity index (χ1v) is 8.54. The number of hydrogen-bond acceptors (Lipinski definition) is 4. The topological polar surface area (TPSA) is 87.7 Å². The normalized spacial score (nSPS) is 10.7. The van der Waals surface area contributed by atoms with Crippen LogP contribution in [0.15, 0.2) is 59.8 Å². The lowest BCUT2D eigenvalue weighted by atomic mass is 10.2. The van der Waals surface area contributed by atoms with Crippen molar-refractivity contribution < 1.29 is 27.4 Å². The molecule has 0 atom stereocenters. The summed E-state index contributed by atoms with van der Waals surface area (Å²) in [6.45, 7) is 3.84. The highest BCUT2D eigenvalue weighted by atomic mass is 32.2. The van der Waals surface area contributed by atoms with Crippen LogP contribution in [-0.4, -0.2) is 37.9 Å². The molecule has 0 bridgehead atoms. The number of hydrogen-bond donors (Lipinski definition) is 2. The molecule has 0 saturated heterocycles. The fraction of sp³-hybridized carbons (Fsp3) is 0.312. The van der Waals surface area contributed by atoms with E-state index in [0.29, 0.717) is 13.2 Å². The molecule has 2 aromatic rings. The Balaban J connectivity index is 0.000000231. The van der Waals surface area contributed by atoms with Gasteiger partial charge in [-0.1, -0.05) is 23.8 Å². The van der Waals surface area contributed by atoms with Crippen LogP contribution in [0, 0.1) is 6.92 Å². The van der Waals surface area contributed by atoms with Crippen molar-refractivity contribution in [1.82, 2.24) is 0 Å². The second-order valence-corrected chi connectivity index (χ2v) is 6.16. The van der Waals surface area contributed by atoms with Crippen molar-refractivity contribution in [2.24, 2.45) is 0 Å². The van der Waals surface area contributed by atoms with Gasteiger partial charge < -0.3 is 9.84 Å². The number of benzene rings is 1. The van der Waals surface area contributed by atoms with E-state index in [4.69, 9.17) is 14.4 Å². The Hall–Kier alpha value is -1.80. The Labute approximate surface area is 136 Å². The van der Waals surface area contributed by atoms with Crippen LogP contribution >= 0.6 is 0 Å². The van der Waals surface area contributed by atoms with Crippen LogP contribution in [0.2, 0.25) is 0 Å². The van der Waals surface area contributed by atoms with Gasteiger partial charge in [0.15, 0.2) is 18.9 Å². The SMILES string of the molecule is Cc1ccc(S(=O)(=O)O)cc1.OCCOCC[n+]1ccccc1. The highest BCUT2D eigenvalue weighted by Gasteiger charge is 2.06. The van der Waals surface area contributed by atoms with Crippen molar-refractivity contribution in [3.05, 3.63) is 60.4 Å². The van der Waals surface area contributed by atoms with Crippen LogP contribution < -0.4 is 4.57 Å². The second-order valence-electron chi connectivity index (χ2n) is 4.74. The summed E-state index contributed by atoms with van der Waals surface area (Å²) < 4.78 is 36.7. The molecule has 0 amide bonds. The maximum atomic E-state index is 10.5. The standard InChI is InChI=1S/C9H14NO2.C7H8O3S/c11-7-9-12-8-6-10-4-2-1-3-5-10;1-6-2-4-7(5-3-6)11(8,9)10/h1-5,11H,6-9H2;2-5H,1H3,(H,8,9,10)/q+1;. The van der Waals surface area contributed by atoms with Crippen LogP contribution in [0.4, 0.5) is 0 Å². The average Bonchev–Trinajstić information content (AvgIpc) is 2.53. The number of rotatable bonds is 6. The van der Waals surface area contributed by atoms with Gasteiger partial charge in [0.05, 0.1) is 18.1 Å². The molecule has 0 aliphatic heterocycles. The molecule has 0 saturated carbocycles. The molecule has 0 spiro atoms. The summed E-state index contributed by atoms with van der Waals surface area (Å²) in [6.07, 6.45) is 3.98. The molecule has 2 rings (SSSR count). The van der Waals surface area contributed by atoms with E-state index >= 15 is 0 Å². The van der Waals surface area contributed by atoms with Crippen LogP contribution in [-0.2, 0) is 21.4 Å². The first kappa shape index (κ1) is 19.2. The van der Waals surface area contributed by atoms with E-state index in [2.05, 4.69) is 0 Å². The van der Waals surface area contributed by atoms with E-state index in [0.717, 1.165) is 12.1 Å². The van der Waals surface area contributed by atoms with Crippen molar-refractivity contribution >= 4 is 10.1 Å². The van der Waals surface area contributed by atoms with Gasteiger partial charge in [0.1, 0.15) is 6.61 Å². The third-order valence-corrected chi connectivity index (χ3v) is 3.69. The number of aliphatic hydroxyl groups excluding tert-OH is 1. The number of aryl methyl sites for hydroxylation is 1. The largest absolute Gasteiger partial charge is 0.394 e. The van der Waals surface area contributed by atoms with Gasteiger partial charge in [-0.05, 0) is 19.1 Å². The average molecular weight is 340 g/mol. The molecule has 0 fully saturated rings. The van der Waals surface area contributed by atoms with Crippen LogP contribution in [0.5, 0.6) is 0 Å². The second kappa shape index (κ2) is 10.1. The molecule has 0 aliphatic carbocycles. The monoisotopic (exact) mass is 340 g/mol. The van der Waals surface area contributed by atoms with Gasteiger partial charge in [-0.15, -0.1) is 0 Å². The van der Waals surface area contributed by atoms with Crippen LogP contribution in [0.3, 0.4) is 0 Å². The summed E-state index contributed by atoms with van der Waals surface area (Å²) in [7, 11) is -4.02. The number of pyridine rings is 1. The predicted molar refractivity (Wildman–Crippen MR) is 85.5 cm³/mol. The first-order valence-electron chi connectivity index (χ1n) is 7.10. The van der Waals surface area contributed by atoms with Gasteiger partial charge in [0.25, 0.3) is 10.1 Å². The fourth-order valence-corrected chi connectivity index (χ4v) is 2.11. The van der Waals surface area contributed by atoms with Crippen molar-refractivity contribution in [2.45, 2.75) is 18.4 Å². The van der Waals surface area contributed by atoms with Crippen LogP contribution in [0.25, 0.3) is 0 Å². The van der Waals surface area contributed by atoms with Gasteiger partial charge in [0, 0.05) is 12.1 Å². The number of ether oxygens (including phenoxy) is 1. The summed E-state index contributed by atoms with van der Waals surface area (Å²) in [5.74, 6) is 0. The summed E-state index contributed by atoms with van der Waals surface area (Å²) in [5, 5.41) is 8.43. The van der Waals surface area contributed by atoms with Crippen molar-refractivity contribution in [2.75, 3.05) is 19.8 Å². The zero-order valence-electron chi connectivity index (χ0n) is 13.0. The Bertz CT molecular complexity index is 657. The molecule has 2 N–H and O–H groups in total. The molecular formula is C16H22NO5S+. The fourth-order valence-electron chi connectivity index (χ4n) is 1.63. The Morgan fingerprint density at radius 2 is 1.65 bits per heavy atom. The quantitative estimate of drug-likeness (QED) is 0.469. The molecule has 7 heteroatoms. The minimum atomic E-state index is -4.02. The van der Waals surface area contributed by atoms with Crippen molar-refractivity contribution in [3.63, 3.8) is 0 Å². The Morgan fingerprint density at radius 3 is 2.17 bits per heavy atom. The third kappa shape index (κ3) is 8.41. The molecule has 0 aliphatic rings. The zero-order chi connectivity index (χ0) is 17.1. The first-order chi connectivity index (χ1) is 10.9. The van der Waals surface area contributed by atoms with Crippen molar-refractivity contribution in [3.8, 4) is 0 Å². The molecule has 1 heterocycles. The minimum absolute atomic E-state index is 0.0666. The van der Waals surface area contributed by atoms with Gasteiger partial charge in [-0.3, -0.25) is 4.55 Å². The molecular weight excluding hydrogens is 318 g/mol. The molecule has 126 valence electrons. The van der Waals surface area contributed by atoms with E-state index in [9.17, 15) is 8.42 Å². The zero-order valence-corrected chi connectivity index (χ0v) is 13.8. The molecule has 23 heavy (non-hydrogen) atoms. The number of aliphatic hydroxyl groups is 1. The molecule has 1 aromatic carbocycles. The summed E-state index contributed by atoms with van der Waals surface area (Å²) in [6, 6.07) is 11.9. The molecule has 0 unspecified atom stereocenters. The summed E-state index contributed by atoms with van der Waals surface area (Å²) in [4.78, 5) is -0.0666. The highest BCUT2D eigenvalue weighted by molar-refractivity contribution is 7.85. The predicted octanol–water partition coefficient (Wildman–Crippen LogP) is 1.22. The van der Waals surface area contributed by atoms with E-state index in [1.165, 1.54) is 12.1 Å².